The number of hydrogen-bond donors (Lipinski definition) is 1. The van der Waals surface area contributed by atoms with E-state index < -0.39 is 0 Å². The zero-order valence-corrected chi connectivity index (χ0v) is 10.8. The lowest BCUT2D eigenvalue weighted by atomic mass is 10.00. The van der Waals surface area contributed by atoms with Crippen LogP contribution >= 0.6 is 11.6 Å². The van der Waals surface area contributed by atoms with Gasteiger partial charge in [-0.3, -0.25) is 0 Å². The first-order valence-corrected chi connectivity index (χ1v) is 6.47. The fraction of sp³-hybridized carbons (Fsp3) is 0.667. The molecule has 1 atom stereocenters. The number of aryl methyl sites for hydroxylation is 1. The molecule has 2 heterocycles. The van der Waals surface area contributed by atoms with Crippen LogP contribution in [0.1, 0.15) is 31.5 Å². The van der Waals surface area contributed by atoms with Crippen molar-refractivity contribution in [2.75, 3.05) is 18.1 Å². The number of nitrogens with zero attached hydrogens (tertiary/aromatic N) is 3. The van der Waals surface area contributed by atoms with E-state index in [1.165, 1.54) is 12.8 Å². The quantitative estimate of drug-likeness (QED) is 0.841. The Hall–Kier alpha value is -0.870. The second-order valence-electron chi connectivity index (χ2n) is 4.45. The molecule has 1 unspecified atom stereocenters. The van der Waals surface area contributed by atoms with Gasteiger partial charge in [-0.05, 0) is 32.6 Å². The molecule has 0 saturated carbocycles. The van der Waals surface area contributed by atoms with Crippen LogP contribution in [0.3, 0.4) is 0 Å². The van der Waals surface area contributed by atoms with E-state index in [9.17, 15) is 0 Å². The summed E-state index contributed by atoms with van der Waals surface area (Å²) in [6.45, 7) is 3.05. The normalized spacial score (nSPS) is 20.6. The number of halogens is 1. The molecule has 1 aliphatic heterocycles. The minimum atomic E-state index is 0.221. The first-order chi connectivity index (χ1) is 8.20. The molecular weight excluding hydrogens is 238 g/mol. The highest BCUT2D eigenvalue weighted by molar-refractivity contribution is 6.29. The Kier molecular flexibility index (Phi) is 4.18. The Balaban J connectivity index is 2.22. The van der Waals surface area contributed by atoms with E-state index in [4.69, 9.17) is 16.7 Å². The van der Waals surface area contributed by atoms with E-state index >= 15 is 0 Å². The summed E-state index contributed by atoms with van der Waals surface area (Å²) in [5.74, 6) is 1.58. The van der Waals surface area contributed by atoms with Crippen molar-refractivity contribution in [1.82, 2.24) is 9.97 Å². The van der Waals surface area contributed by atoms with Gasteiger partial charge >= 0.3 is 0 Å². The molecule has 0 amide bonds. The minimum Gasteiger partial charge on any atom is -0.396 e. The van der Waals surface area contributed by atoms with Gasteiger partial charge in [-0.2, -0.15) is 0 Å². The summed E-state index contributed by atoms with van der Waals surface area (Å²) in [7, 11) is 0. The number of rotatable bonds is 3. The van der Waals surface area contributed by atoms with E-state index in [0.29, 0.717) is 17.0 Å². The third kappa shape index (κ3) is 3.07. The fourth-order valence-electron chi connectivity index (χ4n) is 2.41. The third-order valence-electron chi connectivity index (χ3n) is 3.18. The Bertz CT molecular complexity index is 364. The Morgan fingerprint density at radius 2 is 2.29 bits per heavy atom. The summed E-state index contributed by atoms with van der Waals surface area (Å²) in [5.41, 5.74) is 0. The molecule has 1 aliphatic rings. The van der Waals surface area contributed by atoms with Gasteiger partial charge in [0.05, 0.1) is 0 Å². The third-order valence-corrected chi connectivity index (χ3v) is 3.37. The van der Waals surface area contributed by atoms with Crippen LogP contribution in [-0.2, 0) is 0 Å². The minimum absolute atomic E-state index is 0.221. The molecule has 1 fully saturated rings. The molecule has 0 bridgehead atoms. The van der Waals surface area contributed by atoms with Crippen LogP contribution in [0.15, 0.2) is 6.07 Å². The SMILES string of the molecule is Cc1nc(Cl)cc(N2CCCCC2CCO)n1. The number of aliphatic hydroxyl groups is 1. The first kappa shape index (κ1) is 12.6. The average molecular weight is 256 g/mol. The van der Waals surface area contributed by atoms with Gasteiger partial charge in [0.1, 0.15) is 16.8 Å². The van der Waals surface area contributed by atoms with Crippen LogP contribution in [0.4, 0.5) is 5.82 Å². The maximum absolute atomic E-state index is 9.11. The molecule has 0 radical (unpaired) electrons. The lowest BCUT2D eigenvalue weighted by Gasteiger charge is -2.36. The summed E-state index contributed by atoms with van der Waals surface area (Å²) in [6.07, 6.45) is 4.30. The fourth-order valence-corrected chi connectivity index (χ4v) is 2.63. The van der Waals surface area contributed by atoms with Crippen molar-refractivity contribution in [2.24, 2.45) is 0 Å². The zero-order chi connectivity index (χ0) is 12.3. The van der Waals surface area contributed by atoms with E-state index in [0.717, 1.165) is 25.2 Å². The predicted molar refractivity (Wildman–Crippen MR) is 68.5 cm³/mol. The summed E-state index contributed by atoms with van der Waals surface area (Å²) < 4.78 is 0. The molecule has 4 nitrogen and oxygen atoms in total. The van der Waals surface area contributed by atoms with E-state index in [1.807, 2.05) is 13.0 Å². The zero-order valence-electron chi connectivity index (χ0n) is 10.1. The van der Waals surface area contributed by atoms with Crippen LogP contribution < -0.4 is 4.90 Å². The topological polar surface area (TPSA) is 49.2 Å². The van der Waals surface area contributed by atoms with Gasteiger partial charge in [-0.15, -0.1) is 0 Å². The molecule has 0 aromatic carbocycles. The Morgan fingerprint density at radius 1 is 1.47 bits per heavy atom. The molecule has 2 rings (SSSR count). The van der Waals surface area contributed by atoms with Crippen LogP contribution in [0.5, 0.6) is 0 Å². The lowest BCUT2D eigenvalue weighted by Crippen LogP contribution is -2.40. The largest absolute Gasteiger partial charge is 0.396 e. The number of anilines is 1. The Morgan fingerprint density at radius 3 is 3.00 bits per heavy atom. The van der Waals surface area contributed by atoms with Crippen molar-refractivity contribution in [3.05, 3.63) is 17.0 Å². The molecule has 5 heteroatoms. The summed E-state index contributed by atoms with van der Waals surface area (Å²) >= 11 is 5.97. The van der Waals surface area contributed by atoms with Crippen molar-refractivity contribution in [3.63, 3.8) is 0 Å². The van der Waals surface area contributed by atoms with Crippen LogP contribution in [0.2, 0.25) is 5.15 Å². The Labute approximate surface area is 107 Å². The van der Waals surface area contributed by atoms with E-state index in [2.05, 4.69) is 14.9 Å². The highest BCUT2D eigenvalue weighted by atomic mass is 35.5. The average Bonchev–Trinajstić information content (AvgIpc) is 2.29. The highest BCUT2D eigenvalue weighted by Gasteiger charge is 2.23. The monoisotopic (exact) mass is 255 g/mol. The molecule has 1 aromatic heterocycles. The maximum Gasteiger partial charge on any atom is 0.134 e. The highest BCUT2D eigenvalue weighted by Crippen LogP contribution is 2.26. The number of aliphatic hydroxyl groups excluding tert-OH is 1. The van der Waals surface area contributed by atoms with Gasteiger partial charge in [0.15, 0.2) is 0 Å². The van der Waals surface area contributed by atoms with Gasteiger partial charge in [0.2, 0.25) is 0 Å². The van der Waals surface area contributed by atoms with Crippen LogP contribution in [0.25, 0.3) is 0 Å². The second-order valence-corrected chi connectivity index (χ2v) is 4.84. The summed E-state index contributed by atoms with van der Waals surface area (Å²) in [6, 6.07) is 2.18. The predicted octanol–water partition coefficient (Wildman–Crippen LogP) is 2.18. The molecule has 1 aromatic rings. The van der Waals surface area contributed by atoms with Gasteiger partial charge in [0, 0.05) is 25.3 Å². The van der Waals surface area contributed by atoms with Crippen LogP contribution in [0, 0.1) is 6.92 Å². The molecule has 1 saturated heterocycles. The van der Waals surface area contributed by atoms with Gasteiger partial charge in [0.25, 0.3) is 0 Å². The van der Waals surface area contributed by atoms with Gasteiger partial charge in [-0.25, -0.2) is 9.97 Å². The first-order valence-electron chi connectivity index (χ1n) is 6.09. The van der Waals surface area contributed by atoms with Gasteiger partial charge < -0.3 is 10.0 Å². The van der Waals surface area contributed by atoms with Crippen molar-refractivity contribution < 1.29 is 5.11 Å². The number of piperidine rings is 1. The summed E-state index contributed by atoms with van der Waals surface area (Å²) in [4.78, 5) is 10.8. The van der Waals surface area contributed by atoms with Crippen molar-refractivity contribution in [3.8, 4) is 0 Å². The van der Waals surface area contributed by atoms with E-state index in [1.54, 1.807) is 0 Å². The van der Waals surface area contributed by atoms with Crippen LogP contribution in [-0.4, -0.2) is 34.3 Å². The maximum atomic E-state index is 9.11. The molecule has 0 aliphatic carbocycles. The number of aromatic nitrogens is 2. The second kappa shape index (κ2) is 5.65. The summed E-state index contributed by atoms with van der Waals surface area (Å²) in [5, 5.41) is 9.59. The smallest absolute Gasteiger partial charge is 0.134 e. The standard InChI is InChI=1S/C12H18ClN3O/c1-9-14-11(13)8-12(15-9)16-6-3-2-4-10(16)5-7-17/h8,10,17H,2-7H2,1H3. The van der Waals surface area contributed by atoms with Crippen molar-refractivity contribution in [1.29, 1.82) is 0 Å². The van der Waals surface area contributed by atoms with E-state index in [-0.39, 0.29) is 6.61 Å². The molecule has 0 spiro atoms. The molecule has 1 N–H and O–H groups in total. The lowest BCUT2D eigenvalue weighted by molar-refractivity contribution is 0.262. The molecule has 94 valence electrons. The van der Waals surface area contributed by atoms with Crippen molar-refractivity contribution >= 4 is 17.4 Å². The van der Waals surface area contributed by atoms with Gasteiger partial charge in [-0.1, -0.05) is 11.6 Å². The number of hydrogen-bond acceptors (Lipinski definition) is 4. The molecular formula is C12H18ClN3O. The molecule has 17 heavy (non-hydrogen) atoms. The van der Waals surface area contributed by atoms with Crippen molar-refractivity contribution in [2.45, 2.75) is 38.6 Å².